The van der Waals surface area contributed by atoms with E-state index >= 15 is 0 Å². The number of hydrogen-bond donors (Lipinski definition) is 5. The molecule has 0 heterocycles. The molecular weight excluding hydrogens is 314 g/mol. The fourth-order valence-corrected chi connectivity index (χ4v) is 1.68. The number of methoxy groups -OCH3 is 1. The van der Waals surface area contributed by atoms with E-state index in [1.807, 2.05) is 0 Å². The van der Waals surface area contributed by atoms with Crippen LogP contribution in [0.25, 0.3) is 0 Å². The van der Waals surface area contributed by atoms with Gasteiger partial charge in [0.05, 0.1) is 13.7 Å². The second-order valence-electron chi connectivity index (χ2n) is 4.40. The van der Waals surface area contributed by atoms with Crippen LogP contribution in [0, 0.1) is 0 Å². The van der Waals surface area contributed by atoms with Crippen molar-refractivity contribution in [2.75, 3.05) is 19.5 Å². The maximum absolute atomic E-state index is 11.8. The quantitative estimate of drug-likeness (QED) is 0.166. The predicted octanol–water partition coefficient (Wildman–Crippen LogP) is -2.64. The molecule has 0 rings (SSSR count). The van der Waals surface area contributed by atoms with E-state index in [1.165, 1.54) is 7.11 Å². The van der Waals surface area contributed by atoms with Crippen LogP contribution in [0.2, 0.25) is 0 Å². The lowest BCUT2D eigenvalue weighted by molar-refractivity contribution is -0.142. The normalized spacial score (nSPS) is 14.4. The van der Waals surface area contributed by atoms with Gasteiger partial charge in [0.1, 0.15) is 24.4 Å². The van der Waals surface area contributed by atoms with Gasteiger partial charge in [0.2, 0.25) is 11.8 Å². The molecule has 0 aromatic carbocycles. The topological polar surface area (TPSA) is 148 Å². The minimum atomic E-state index is -1.04. The van der Waals surface area contributed by atoms with Crippen molar-refractivity contribution in [1.29, 1.82) is 0 Å². The molecule has 126 valence electrons. The highest BCUT2D eigenvalue weighted by molar-refractivity contribution is 7.80. The van der Waals surface area contributed by atoms with Gasteiger partial charge in [-0.05, 0) is 6.42 Å². The molecule has 0 aromatic heterocycles. The summed E-state index contributed by atoms with van der Waals surface area (Å²) in [5, 5.41) is 13.5. The lowest BCUT2D eigenvalue weighted by Gasteiger charge is -2.18. The number of carbonyl (C=O) groups is 4. The SMILES string of the molecule is COC(=O)C(N)CCC(=O)NC(CS)C(=O)NC(C=O)CO. The first-order valence-corrected chi connectivity index (χ1v) is 7.13. The number of ether oxygens (including phenoxy) is 1. The van der Waals surface area contributed by atoms with Crippen molar-refractivity contribution in [3.63, 3.8) is 0 Å². The Morgan fingerprint density at radius 2 is 2.00 bits per heavy atom. The number of hydrogen-bond acceptors (Lipinski definition) is 8. The molecule has 0 aliphatic carbocycles. The number of aliphatic hydroxyl groups is 1. The Balaban J connectivity index is 4.36. The summed E-state index contributed by atoms with van der Waals surface area (Å²) in [5.41, 5.74) is 5.49. The molecule has 0 spiro atoms. The molecule has 0 bridgehead atoms. The number of aldehydes is 1. The van der Waals surface area contributed by atoms with E-state index in [1.54, 1.807) is 0 Å². The van der Waals surface area contributed by atoms with Crippen LogP contribution >= 0.6 is 12.6 Å². The van der Waals surface area contributed by atoms with Crippen LogP contribution in [-0.4, -0.2) is 66.8 Å². The molecule has 3 atom stereocenters. The zero-order valence-electron chi connectivity index (χ0n) is 12.2. The Hall–Kier alpha value is -1.65. The Labute approximate surface area is 133 Å². The van der Waals surface area contributed by atoms with Gasteiger partial charge in [0.15, 0.2) is 0 Å². The zero-order valence-corrected chi connectivity index (χ0v) is 13.0. The molecule has 0 fully saturated rings. The van der Waals surface area contributed by atoms with Crippen LogP contribution in [0.1, 0.15) is 12.8 Å². The number of carbonyl (C=O) groups excluding carboxylic acids is 4. The van der Waals surface area contributed by atoms with Crippen molar-refractivity contribution >= 4 is 36.7 Å². The summed E-state index contributed by atoms with van der Waals surface area (Å²) >= 11 is 3.94. The van der Waals surface area contributed by atoms with Crippen molar-refractivity contribution < 1.29 is 29.0 Å². The van der Waals surface area contributed by atoms with E-state index in [2.05, 4.69) is 28.0 Å². The number of esters is 1. The Morgan fingerprint density at radius 1 is 1.36 bits per heavy atom. The standard InChI is InChI=1S/C12H21N3O6S/c1-21-12(20)8(13)2-3-10(18)15-9(6-22)11(19)14-7(4-16)5-17/h4,7-9,17,22H,2-3,5-6,13H2,1H3,(H,14,19)(H,15,18). The molecule has 0 aliphatic heterocycles. The Bertz CT molecular complexity index is 406. The van der Waals surface area contributed by atoms with Crippen LogP contribution in [0.15, 0.2) is 0 Å². The Kier molecular flexibility index (Phi) is 10.2. The molecule has 0 aliphatic rings. The first-order valence-electron chi connectivity index (χ1n) is 6.49. The molecule has 5 N–H and O–H groups in total. The molecule has 3 unspecified atom stereocenters. The molecule has 0 aromatic rings. The third kappa shape index (κ3) is 7.38. The Morgan fingerprint density at radius 3 is 2.45 bits per heavy atom. The van der Waals surface area contributed by atoms with E-state index in [9.17, 15) is 19.2 Å². The highest BCUT2D eigenvalue weighted by Gasteiger charge is 2.22. The summed E-state index contributed by atoms with van der Waals surface area (Å²) in [6, 6.07) is -2.94. The summed E-state index contributed by atoms with van der Waals surface area (Å²) in [4.78, 5) is 45.1. The van der Waals surface area contributed by atoms with Gasteiger partial charge in [-0.15, -0.1) is 0 Å². The van der Waals surface area contributed by atoms with Crippen molar-refractivity contribution in [2.24, 2.45) is 5.73 Å². The monoisotopic (exact) mass is 335 g/mol. The molecule has 9 nitrogen and oxygen atoms in total. The number of nitrogens with one attached hydrogen (secondary N) is 2. The third-order valence-corrected chi connectivity index (χ3v) is 3.07. The zero-order chi connectivity index (χ0) is 17.1. The van der Waals surface area contributed by atoms with E-state index in [0.717, 1.165) is 0 Å². The summed E-state index contributed by atoms with van der Waals surface area (Å²) in [6.07, 6.45) is 0.364. The third-order valence-electron chi connectivity index (χ3n) is 2.71. The summed E-state index contributed by atoms with van der Waals surface area (Å²) in [5.74, 6) is -1.78. The van der Waals surface area contributed by atoms with Gasteiger partial charge in [-0.3, -0.25) is 14.4 Å². The van der Waals surface area contributed by atoms with Crippen LogP contribution in [0.4, 0.5) is 0 Å². The van der Waals surface area contributed by atoms with Crippen LogP contribution < -0.4 is 16.4 Å². The minimum absolute atomic E-state index is 0.00235. The van der Waals surface area contributed by atoms with Gasteiger partial charge in [0, 0.05) is 12.2 Å². The molecule has 0 radical (unpaired) electrons. The first-order chi connectivity index (χ1) is 10.4. The van der Waals surface area contributed by atoms with Crippen molar-refractivity contribution in [2.45, 2.75) is 31.0 Å². The van der Waals surface area contributed by atoms with Gasteiger partial charge in [0.25, 0.3) is 0 Å². The van der Waals surface area contributed by atoms with Crippen molar-refractivity contribution in [3.05, 3.63) is 0 Å². The van der Waals surface area contributed by atoms with Gasteiger partial charge in [-0.2, -0.15) is 12.6 Å². The summed E-state index contributed by atoms with van der Waals surface area (Å²) in [6.45, 7) is -0.545. The number of amides is 2. The summed E-state index contributed by atoms with van der Waals surface area (Å²) in [7, 11) is 1.19. The minimum Gasteiger partial charge on any atom is -0.468 e. The second-order valence-corrected chi connectivity index (χ2v) is 4.77. The van der Waals surface area contributed by atoms with E-state index in [0.29, 0.717) is 6.29 Å². The van der Waals surface area contributed by atoms with E-state index < -0.39 is 42.5 Å². The molecule has 2 amide bonds. The molecule has 0 saturated heterocycles. The average molecular weight is 335 g/mol. The highest BCUT2D eigenvalue weighted by atomic mass is 32.1. The molecule has 22 heavy (non-hydrogen) atoms. The fraction of sp³-hybridized carbons (Fsp3) is 0.667. The number of nitrogens with two attached hydrogens (primary N) is 1. The number of aliphatic hydroxyl groups excluding tert-OH is 1. The lowest BCUT2D eigenvalue weighted by atomic mass is 10.1. The van der Waals surface area contributed by atoms with Gasteiger partial charge < -0.3 is 31.0 Å². The average Bonchev–Trinajstić information content (AvgIpc) is 2.53. The first kappa shape index (κ1) is 20.3. The van der Waals surface area contributed by atoms with E-state index in [-0.39, 0.29) is 18.6 Å². The molecule has 10 heteroatoms. The van der Waals surface area contributed by atoms with Gasteiger partial charge in [-0.25, -0.2) is 0 Å². The number of thiol groups is 1. The second kappa shape index (κ2) is 11.0. The molecule has 0 saturated carbocycles. The molecular formula is C12H21N3O6S. The van der Waals surface area contributed by atoms with Crippen molar-refractivity contribution in [1.82, 2.24) is 10.6 Å². The van der Waals surface area contributed by atoms with Crippen molar-refractivity contribution in [3.8, 4) is 0 Å². The van der Waals surface area contributed by atoms with E-state index in [4.69, 9.17) is 10.8 Å². The number of rotatable bonds is 10. The smallest absolute Gasteiger partial charge is 0.322 e. The van der Waals surface area contributed by atoms with Crippen LogP contribution in [0.3, 0.4) is 0 Å². The fourth-order valence-electron chi connectivity index (χ4n) is 1.42. The van der Waals surface area contributed by atoms with Crippen LogP contribution in [-0.2, 0) is 23.9 Å². The lowest BCUT2D eigenvalue weighted by Crippen LogP contribution is -2.52. The predicted molar refractivity (Wildman–Crippen MR) is 80.1 cm³/mol. The maximum Gasteiger partial charge on any atom is 0.322 e. The van der Waals surface area contributed by atoms with Gasteiger partial charge in [-0.1, -0.05) is 0 Å². The largest absolute Gasteiger partial charge is 0.468 e. The van der Waals surface area contributed by atoms with Crippen LogP contribution in [0.5, 0.6) is 0 Å². The summed E-state index contributed by atoms with van der Waals surface area (Å²) < 4.78 is 4.42. The van der Waals surface area contributed by atoms with Gasteiger partial charge >= 0.3 is 5.97 Å². The maximum atomic E-state index is 11.8. The highest BCUT2D eigenvalue weighted by Crippen LogP contribution is 1.99.